The lowest BCUT2D eigenvalue weighted by Crippen LogP contribution is -2.27. The van der Waals surface area contributed by atoms with Gasteiger partial charge in [0, 0.05) is 11.5 Å². The molecule has 0 spiro atoms. The number of allylic oxidation sites excluding steroid dienone is 1. The molecule has 0 amide bonds. The van der Waals surface area contributed by atoms with E-state index >= 15 is 0 Å². The van der Waals surface area contributed by atoms with Crippen molar-refractivity contribution in [3.63, 3.8) is 0 Å². The first-order valence-electron chi connectivity index (χ1n) is 11.7. The van der Waals surface area contributed by atoms with Crippen LogP contribution in [-0.2, 0) is 15.8 Å². The monoisotopic (exact) mass is 464 g/mol. The van der Waals surface area contributed by atoms with Gasteiger partial charge in [0.1, 0.15) is 13.7 Å². The maximum atomic E-state index is 15.0. The highest BCUT2D eigenvalue weighted by Gasteiger charge is 2.25. The molecule has 2 nitrogen and oxygen atoms in total. The van der Waals surface area contributed by atoms with Crippen molar-refractivity contribution in [2.24, 2.45) is 0 Å². The van der Waals surface area contributed by atoms with Gasteiger partial charge in [0.15, 0.2) is 17.9 Å². The topological polar surface area (TPSA) is 18.5 Å². The summed E-state index contributed by atoms with van der Waals surface area (Å²) in [6.07, 6.45) is 5.56. The molecule has 0 radical (unpaired) electrons. The molecule has 0 aromatic heterocycles. The fourth-order valence-electron chi connectivity index (χ4n) is 4.33. The van der Waals surface area contributed by atoms with E-state index in [1.54, 1.807) is 44.2 Å². The second-order valence-electron chi connectivity index (χ2n) is 8.51. The molecule has 6 heteroatoms. The molecule has 1 saturated heterocycles. The summed E-state index contributed by atoms with van der Waals surface area (Å²) in [7, 11) is 1.79. The molecule has 1 heterocycles. The minimum Gasteiger partial charge on any atom is -0.352 e. The fourth-order valence-corrected chi connectivity index (χ4v) is 4.33. The number of ether oxygens (including phenoxy) is 2. The van der Waals surface area contributed by atoms with Gasteiger partial charge in [0.05, 0.1) is 13.2 Å². The van der Waals surface area contributed by atoms with E-state index in [9.17, 15) is 13.2 Å². The van der Waals surface area contributed by atoms with Crippen molar-refractivity contribution < 1.29 is 22.6 Å². The Bertz CT molecular complexity index is 1150. The van der Waals surface area contributed by atoms with Crippen molar-refractivity contribution in [3.8, 4) is 22.3 Å². The number of benzene rings is 3. The Hall–Kier alpha value is -2.83. The van der Waals surface area contributed by atoms with Gasteiger partial charge in [-0.1, -0.05) is 67.0 Å². The Morgan fingerprint density at radius 1 is 0.941 bits per heavy atom. The molecule has 1 aliphatic rings. The zero-order valence-corrected chi connectivity index (χ0v) is 19.5. The van der Waals surface area contributed by atoms with Crippen LogP contribution in [0.1, 0.15) is 36.8 Å². The van der Waals surface area contributed by atoms with Gasteiger partial charge in [-0.05, 0) is 53.6 Å². The molecule has 1 fully saturated rings. The summed E-state index contributed by atoms with van der Waals surface area (Å²) >= 11 is 0. The van der Waals surface area contributed by atoms with Gasteiger partial charge in [0.2, 0.25) is 0 Å². The Morgan fingerprint density at radius 2 is 1.68 bits per heavy atom. The third-order valence-corrected chi connectivity index (χ3v) is 6.36. The SMILES string of the molecule is BCc1ccc(-c2ccc(-c3ccc(C4CCC(OC/C=C/C)OC4)c(F)c3)cc2)c(F)c1F. The van der Waals surface area contributed by atoms with Gasteiger partial charge in [-0.25, -0.2) is 13.2 Å². The molecule has 34 heavy (non-hydrogen) atoms. The summed E-state index contributed by atoms with van der Waals surface area (Å²) < 4.78 is 55.1. The lowest BCUT2D eigenvalue weighted by Gasteiger charge is -2.29. The van der Waals surface area contributed by atoms with Crippen molar-refractivity contribution in [1.29, 1.82) is 0 Å². The molecule has 3 aromatic rings. The first kappa shape index (κ1) is 24.3. The molecular formula is C28H28BF3O2. The smallest absolute Gasteiger partial charge is 0.166 e. The second kappa shape index (κ2) is 11.1. The van der Waals surface area contributed by atoms with Crippen LogP contribution < -0.4 is 0 Å². The van der Waals surface area contributed by atoms with Crippen LogP contribution in [0.3, 0.4) is 0 Å². The molecule has 0 aliphatic carbocycles. The molecule has 0 bridgehead atoms. The van der Waals surface area contributed by atoms with Crippen LogP contribution in [-0.4, -0.2) is 27.4 Å². The normalized spacial score (nSPS) is 18.5. The number of halogens is 3. The summed E-state index contributed by atoms with van der Waals surface area (Å²) in [5.41, 5.74) is 3.32. The molecule has 1 aliphatic heterocycles. The van der Waals surface area contributed by atoms with Crippen molar-refractivity contribution >= 4 is 7.85 Å². The largest absolute Gasteiger partial charge is 0.352 e. The first-order chi connectivity index (χ1) is 16.5. The van der Waals surface area contributed by atoms with E-state index in [0.29, 0.717) is 36.2 Å². The Kier molecular flexibility index (Phi) is 7.91. The summed E-state index contributed by atoms with van der Waals surface area (Å²) in [5, 5.41) is 0. The summed E-state index contributed by atoms with van der Waals surface area (Å²) in [6.45, 7) is 2.87. The van der Waals surface area contributed by atoms with Gasteiger partial charge < -0.3 is 9.47 Å². The molecule has 3 aromatic carbocycles. The Labute approximate surface area is 199 Å². The highest BCUT2D eigenvalue weighted by Crippen LogP contribution is 2.33. The van der Waals surface area contributed by atoms with Crippen molar-refractivity contribution in [2.45, 2.75) is 38.3 Å². The van der Waals surface area contributed by atoms with E-state index in [-0.39, 0.29) is 23.6 Å². The van der Waals surface area contributed by atoms with Crippen molar-refractivity contribution in [2.75, 3.05) is 13.2 Å². The standard InChI is InChI=1S/C28H28BF3O2/c1-2-3-14-33-26-13-10-22(17-34-26)23-11-8-20(15-25(23)30)18-4-6-19(7-5-18)24-12-9-21(16-29)27(31)28(24)32/h2-9,11-12,15,22,26H,10,13-14,16-17,29H2,1H3/b3-2+. The van der Waals surface area contributed by atoms with Gasteiger partial charge in [-0.3, -0.25) is 0 Å². The van der Waals surface area contributed by atoms with E-state index in [4.69, 9.17) is 9.47 Å². The van der Waals surface area contributed by atoms with E-state index < -0.39 is 11.6 Å². The quantitative estimate of drug-likeness (QED) is 0.298. The Balaban J connectivity index is 1.46. The van der Waals surface area contributed by atoms with Crippen LogP contribution in [0.15, 0.2) is 66.7 Å². The minimum atomic E-state index is -0.841. The zero-order chi connectivity index (χ0) is 24.1. The summed E-state index contributed by atoms with van der Waals surface area (Å²) in [5.74, 6) is -1.93. The third-order valence-electron chi connectivity index (χ3n) is 6.36. The predicted octanol–water partition coefficient (Wildman–Crippen LogP) is 6.38. The van der Waals surface area contributed by atoms with Crippen molar-refractivity contribution in [1.82, 2.24) is 0 Å². The number of hydrogen-bond acceptors (Lipinski definition) is 2. The average Bonchev–Trinajstić information content (AvgIpc) is 2.86. The maximum absolute atomic E-state index is 15.0. The first-order valence-corrected chi connectivity index (χ1v) is 11.7. The molecule has 2 atom stereocenters. The van der Waals surface area contributed by atoms with Crippen LogP contribution >= 0.6 is 0 Å². The van der Waals surface area contributed by atoms with E-state index in [0.717, 1.165) is 24.0 Å². The van der Waals surface area contributed by atoms with Crippen LogP contribution in [0.5, 0.6) is 0 Å². The predicted molar refractivity (Wildman–Crippen MR) is 132 cm³/mol. The zero-order valence-electron chi connectivity index (χ0n) is 19.5. The van der Waals surface area contributed by atoms with Crippen LogP contribution in [0.25, 0.3) is 22.3 Å². The third kappa shape index (κ3) is 5.29. The van der Waals surface area contributed by atoms with Gasteiger partial charge in [-0.15, -0.1) is 0 Å². The minimum absolute atomic E-state index is 0.0121. The fraction of sp³-hybridized carbons (Fsp3) is 0.286. The highest BCUT2D eigenvalue weighted by molar-refractivity contribution is 6.08. The van der Waals surface area contributed by atoms with Crippen LogP contribution in [0, 0.1) is 17.5 Å². The summed E-state index contributed by atoms with van der Waals surface area (Å²) in [6, 6.07) is 15.5. The van der Waals surface area contributed by atoms with Crippen LogP contribution in [0.2, 0.25) is 0 Å². The Morgan fingerprint density at radius 3 is 2.32 bits per heavy atom. The molecule has 176 valence electrons. The lowest BCUT2D eigenvalue weighted by molar-refractivity contribution is -0.160. The second-order valence-corrected chi connectivity index (χ2v) is 8.51. The van der Waals surface area contributed by atoms with Gasteiger partial charge >= 0.3 is 0 Å². The number of rotatable bonds is 7. The van der Waals surface area contributed by atoms with E-state index in [2.05, 4.69) is 0 Å². The highest BCUT2D eigenvalue weighted by atomic mass is 19.2. The molecule has 4 rings (SSSR count). The van der Waals surface area contributed by atoms with Crippen LogP contribution in [0.4, 0.5) is 13.2 Å². The molecule has 2 unspecified atom stereocenters. The molecule has 0 saturated carbocycles. The molecule has 0 N–H and O–H groups in total. The number of hydrogen-bond donors (Lipinski definition) is 0. The maximum Gasteiger partial charge on any atom is 0.166 e. The summed E-state index contributed by atoms with van der Waals surface area (Å²) in [4.78, 5) is 0. The average molecular weight is 464 g/mol. The molecular weight excluding hydrogens is 436 g/mol. The van der Waals surface area contributed by atoms with Gasteiger partial charge in [-0.2, -0.15) is 0 Å². The van der Waals surface area contributed by atoms with E-state index in [1.165, 1.54) is 6.07 Å². The van der Waals surface area contributed by atoms with Gasteiger partial charge in [0.25, 0.3) is 0 Å². The van der Waals surface area contributed by atoms with E-state index in [1.807, 2.05) is 31.2 Å². The van der Waals surface area contributed by atoms with Crippen molar-refractivity contribution in [3.05, 3.63) is 95.3 Å². The lowest BCUT2D eigenvalue weighted by atomic mass is 9.90.